The Kier molecular flexibility index (Phi) is 4.52. The number of amides is 1. The lowest BCUT2D eigenvalue weighted by atomic mass is 10.1. The molecule has 22 heavy (non-hydrogen) atoms. The van der Waals surface area contributed by atoms with Crippen LogP contribution in [0, 0.1) is 0 Å². The number of nitrogens with zero attached hydrogens (tertiary/aromatic N) is 2. The summed E-state index contributed by atoms with van der Waals surface area (Å²) < 4.78 is 10.9. The molecule has 5 nitrogen and oxygen atoms in total. The molecule has 0 N–H and O–H groups in total. The first-order valence-electron chi connectivity index (χ1n) is 8.05. The van der Waals surface area contributed by atoms with E-state index in [0.717, 1.165) is 44.1 Å². The van der Waals surface area contributed by atoms with Crippen molar-refractivity contribution in [2.45, 2.75) is 32.7 Å². The highest BCUT2D eigenvalue weighted by Crippen LogP contribution is 2.25. The van der Waals surface area contributed by atoms with E-state index >= 15 is 0 Å². The van der Waals surface area contributed by atoms with E-state index in [4.69, 9.17) is 9.47 Å². The zero-order chi connectivity index (χ0) is 15.5. The van der Waals surface area contributed by atoms with Gasteiger partial charge in [-0.2, -0.15) is 0 Å². The highest BCUT2D eigenvalue weighted by atomic mass is 16.7. The maximum absolute atomic E-state index is 11.9. The molecule has 1 saturated heterocycles. The number of carbonyl (C=O) groups excluding carboxylic acids is 1. The van der Waals surface area contributed by atoms with Crippen molar-refractivity contribution in [3.63, 3.8) is 0 Å². The normalized spacial score (nSPS) is 25.3. The third kappa shape index (κ3) is 3.19. The Hall–Kier alpha value is -1.75. The summed E-state index contributed by atoms with van der Waals surface area (Å²) in [5.41, 5.74) is 1.28. The highest BCUT2D eigenvalue weighted by molar-refractivity contribution is 5.76. The van der Waals surface area contributed by atoms with Crippen LogP contribution in [0.2, 0.25) is 0 Å². The molecule has 5 heteroatoms. The van der Waals surface area contributed by atoms with Gasteiger partial charge in [-0.05, 0) is 18.6 Å². The molecule has 1 fully saturated rings. The van der Waals surface area contributed by atoms with Crippen LogP contribution in [-0.4, -0.2) is 54.7 Å². The van der Waals surface area contributed by atoms with E-state index in [9.17, 15) is 4.79 Å². The van der Waals surface area contributed by atoms with E-state index < -0.39 is 0 Å². The van der Waals surface area contributed by atoms with Crippen molar-refractivity contribution in [1.29, 1.82) is 0 Å². The fourth-order valence-electron chi connectivity index (χ4n) is 3.22. The summed E-state index contributed by atoms with van der Waals surface area (Å²) in [7, 11) is 0. The van der Waals surface area contributed by atoms with Crippen molar-refractivity contribution in [3.05, 3.63) is 35.3 Å². The van der Waals surface area contributed by atoms with Crippen LogP contribution in [0.25, 0.3) is 0 Å². The molecule has 120 valence electrons. The van der Waals surface area contributed by atoms with Gasteiger partial charge in [-0.1, -0.05) is 19.1 Å². The lowest BCUT2D eigenvalue weighted by Crippen LogP contribution is -2.54. The van der Waals surface area contributed by atoms with E-state index in [1.54, 1.807) is 0 Å². The molecule has 3 rings (SSSR count). The van der Waals surface area contributed by atoms with Crippen molar-refractivity contribution in [2.24, 2.45) is 0 Å². The van der Waals surface area contributed by atoms with Gasteiger partial charge >= 0.3 is 0 Å². The van der Waals surface area contributed by atoms with Crippen molar-refractivity contribution < 1.29 is 14.3 Å². The maximum atomic E-state index is 11.9. The molecule has 1 amide bonds. The quantitative estimate of drug-likeness (QED) is 0.800. The van der Waals surface area contributed by atoms with E-state index in [-0.39, 0.29) is 11.9 Å². The highest BCUT2D eigenvalue weighted by Gasteiger charge is 2.26. The predicted molar refractivity (Wildman–Crippen MR) is 83.8 cm³/mol. The SMILES string of the molecule is CCC(=O)N1CCN(CC2=CCC3=C(C=C2)OCO3)CC1C. The second-order valence-electron chi connectivity index (χ2n) is 6.04. The van der Waals surface area contributed by atoms with Crippen LogP contribution < -0.4 is 0 Å². The molecule has 0 bridgehead atoms. The zero-order valence-electron chi connectivity index (χ0n) is 13.4. The predicted octanol–water partition coefficient (Wildman–Crippen LogP) is 2.03. The minimum Gasteiger partial charge on any atom is -0.458 e. The lowest BCUT2D eigenvalue weighted by Gasteiger charge is -2.40. The van der Waals surface area contributed by atoms with E-state index in [2.05, 4.69) is 24.0 Å². The smallest absolute Gasteiger partial charge is 0.230 e. The third-order valence-corrected chi connectivity index (χ3v) is 4.46. The Labute approximate surface area is 131 Å². The second-order valence-corrected chi connectivity index (χ2v) is 6.04. The van der Waals surface area contributed by atoms with E-state index in [1.165, 1.54) is 5.57 Å². The molecule has 0 spiro atoms. The number of rotatable bonds is 3. The Morgan fingerprint density at radius 1 is 1.32 bits per heavy atom. The standard InChI is InChI=1S/C17H24N2O3/c1-3-17(20)19-9-8-18(10-13(19)2)11-14-4-6-15-16(7-5-14)22-12-21-15/h4-6,13H,3,7-12H2,1-2H3. The minimum atomic E-state index is 0.260. The van der Waals surface area contributed by atoms with Crippen molar-refractivity contribution in [1.82, 2.24) is 9.80 Å². The van der Waals surface area contributed by atoms with Gasteiger partial charge in [-0.25, -0.2) is 0 Å². The van der Waals surface area contributed by atoms with Gasteiger partial charge in [0, 0.05) is 45.1 Å². The van der Waals surface area contributed by atoms with Gasteiger partial charge in [0.05, 0.1) is 0 Å². The van der Waals surface area contributed by atoms with Gasteiger partial charge in [0.1, 0.15) is 5.76 Å². The number of allylic oxidation sites excluding steroid dienone is 2. The molecule has 1 atom stereocenters. The third-order valence-electron chi connectivity index (χ3n) is 4.46. The van der Waals surface area contributed by atoms with Crippen LogP contribution in [-0.2, 0) is 14.3 Å². The van der Waals surface area contributed by atoms with E-state index in [0.29, 0.717) is 13.2 Å². The first-order valence-corrected chi connectivity index (χ1v) is 8.05. The molecule has 2 aliphatic heterocycles. The van der Waals surface area contributed by atoms with Crippen molar-refractivity contribution in [3.8, 4) is 0 Å². The Morgan fingerprint density at radius 2 is 2.18 bits per heavy atom. The maximum Gasteiger partial charge on any atom is 0.230 e. The first kappa shape index (κ1) is 15.2. The number of hydrogen-bond acceptors (Lipinski definition) is 4. The molecule has 0 radical (unpaired) electrons. The summed E-state index contributed by atoms with van der Waals surface area (Å²) in [6.07, 6.45) is 7.71. The monoisotopic (exact) mass is 304 g/mol. The van der Waals surface area contributed by atoms with Crippen molar-refractivity contribution in [2.75, 3.05) is 33.0 Å². The fourth-order valence-corrected chi connectivity index (χ4v) is 3.22. The summed E-state index contributed by atoms with van der Waals surface area (Å²) in [5.74, 6) is 2.05. The Bertz CT molecular complexity index is 536. The molecule has 1 aliphatic carbocycles. The fraction of sp³-hybridized carbons (Fsp3) is 0.588. The molecule has 0 aromatic rings. The molecule has 0 aromatic carbocycles. The largest absolute Gasteiger partial charge is 0.458 e. The lowest BCUT2D eigenvalue weighted by molar-refractivity contribution is -0.135. The molecule has 3 aliphatic rings. The van der Waals surface area contributed by atoms with Crippen LogP contribution >= 0.6 is 0 Å². The summed E-state index contributed by atoms with van der Waals surface area (Å²) in [5, 5.41) is 0. The van der Waals surface area contributed by atoms with Gasteiger partial charge in [0.15, 0.2) is 5.76 Å². The van der Waals surface area contributed by atoms with Gasteiger partial charge in [0.2, 0.25) is 12.7 Å². The van der Waals surface area contributed by atoms with Crippen LogP contribution in [0.4, 0.5) is 0 Å². The summed E-state index contributed by atoms with van der Waals surface area (Å²) in [4.78, 5) is 16.3. The number of ether oxygens (including phenoxy) is 2. The summed E-state index contributed by atoms with van der Waals surface area (Å²) in [6.45, 7) is 8.00. The second kappa shape index (κ2) is 6.57. The molecule has 0 saturated carbocycles. The average molecular weight is 304 g/mol. The average Bonchev–Trinajstić information content (AvgIpc) is 2.89. The van der Waals surface area contributed by atoms with Crippen LogP contribution in [0.5, 0.6) is 0 Å². The molecular weight excluding hydrogens is 280 g/mol. The first-order chi connectivity index (χ1) is 10.7. The number of piperazine rings is 1. The number of carbonyl (C=O) groups is 1. The molecule has 2 heterocycles. The van der Waals surface area contributed by atoms with Crippen LogP contribution in [0.1, 0.15) is 26.7 Å². The Balaban J connectivity index is 1.56. The van der Waals surface area contributed by atoms with Crippen molar-refractivity contribution >= 4 is 5.91 Å². The van der Waals surface area contributed by atoms with Crippen LogP contribution in [0.3, 0.4) is 0 Å². The number of hydrogen-bond donors (Lipinski definition) is 0. The molecule has 0 aromatic heterocycles. The summed E-state index contributed by atoms with van der Waals surface area (Å²) in [6, 6.07) is 0.284. The zero-order valence-corrected chi connectivity index (χ0v) is 13.4. The van der Waals surface area contributed by atoms with Gasteiger partial charge in [0.25, 0.3) is 0 Å². The minimum absolute atomic E-state index is 0.260. The molecular formula is C17H24N2O3. The van der Waals surface area contributed by atoms with Gasteiger partial charge < -0.3 is 14.4 Å². The Morgan fingerprint density at radius 3 is 2.95 bits per heavy atom. The molecule has 1 unspecified atom stereocenters. The van der Waals surface area contributed by atoms with Gasteiger partial charge in [-0.3, -0.25) is 9.69 Å². The summed E-state index contributed by atoms with van der Waals surface area (Å²) >= 11 is 0. The topological polar surface area (TPSA) is 42.0 Å². The van der Waals surface area contributed by atoms with E-state index in [1.807, 2.05) is 17.9 Å². The van der Waals surface area contributed by atoms with Gasteiger partial charge in [-0.15, -0.1) is 0 Å². The van der Waals surface area contributed by atoms with Crippen LogP contribution in [0.15, 0.2) is 35.3 Å².